The van der Waals surface area contributed by atoms with Gasteiger partial charge in [0.1, 0.15) is 5.75 Å². The molecule has 2 fully saturated rings. The number of ether oxygens (including phenoxy) is 1. The van der Waals surface area contributed by atoms with Crippen LogP contribution in [-0.2, 0) is 4.79 Å². The van der Waals surface area contributed by atoms with Crippen LogP contribution in [0.4, 0.5) is 5.69 Å². The van der Waals surface area contributed by atoms with Crippen molar-refractivity contribution < 1.29 is 9.53 Å². The highest BCUT2D eigenvalue weighted by atomic mass is 16.5. The second kappa shape index (κ2) is 7.82. The van der Waals surface area contributed by atoms with Crippen LogP contribution >= 0.6 is 0 Å². The van der Waals surface area contributed by atoms with Crippen LogP contribution in [0.2, 0.25) is 0 Å². The molecular weight excluding hydrogens is 288 g/mol. The number of carbonyl (C=O) groups excluding carboxylic acids is 1. The molecule has 1 aliphatic heterocycles. The van der Waals surface area contributed by atoms with E-state index in [1.165, 1.54) is 25.7 Å². The molecule has 0 bridgehead atoms. The molecule has 3 rings (SSSR count). The van der Waals surface area contributed by atoms with Gasteiger partial charge in [0.2, 0.25) is 5.91 Å². The summed E-state index contributed by atoms with van der Waals surface area (Å²) >= 11 is 0. The Morgan fingerprint density at radius 2 is 2.17 bits per heavy atom. The quantitative estimate of drug-likeness (QED) is 0.810. The number of piperidine rings is 1. The van der Waals surface area contributed by atoms with Gasteiger partial charge in [-0.2, -0.15) is 0 Å². The van der Waals surface area contributed by atoms with Crippen molar-refractivity contribution in [1.29, 1.82) is 0 Å². The lowest BCUT2D eigenvalue weighted by molar-refractivity contribution is -0.117. The average molecular weight is 316 g/mol. The van der Waals surface area contributed by atoms with Crippen LogP contribution in [0, 0.1) is 17.8 Å². The molecule has 4 heteroatoms. The number of rotatable bonds is 7. The van der Waals surface area contributed by atoms with Gasteiger partial charge in [0.25, 0.3) is 0 Å². The molecule has 1 saturated heterocycles. The van der Waals surface area contributed by atoms with E-state index >= 15 is 0 Å². The van der Waals surface area contributed by atoms with Crippen molar-refractivity contribution in [3.8, 4) is 5.75 Å². The molecule has 0 aromatic heterocycles. The van der Waals surface area contributed by atoms with Crippen LogP contribution in [0.5, 0.6) is 5.75 Å². The predicted molar refractivity (Wildman–Crippen MR) is 92.7 cm³/mol. The Kier molecular flexibility index (Phi) is 5.55. The molecule has 2 aliphatic rings. The van der Waals surface area contributed by atoms with E-state index < -0.39 is 0 Å². The lowest BCUT2D eigenvalue weighted by atomic mass is 9.85. The zero-order valence-corrected chi connectivity index (χ0v) is 14.0. The molecule has 2 N–H and O–H groups in total. The van der Waals surface area contributed by atoms with Gasteiger partial charge in [-0.1, -0.05) is 19.1 Å². The number of hydrogen-bond donors (Lipinski definition) is 2. The Hall–Kier alpha value is -1.55. The van der Waals surface area contributed by atoms with Gasteiger partial charge in [-0.3, -0.25) is 4.79 Å². The highest BCUT2D eigenvalue weighted by Crippen LogP contribution is 2.32. The SMILES string of the molecule is CC(CC(=O)Nc1ccccc1OCC1CC1)C1CCCNC1. The molecule has 4 nitrogen and oxygen atoms in total. The normalized spacial score (nSPS) is 22.4. The highest BCUT2D eigenvalue weighted by Gasteiger charge is 2.24. The predicted octanol–water partition coefficient (Wildman–Crippen LogP) is 3.44. The number of carbonyl (C=O) groups is 1. The molecular formula is C19H28N2O2. The molecule has 23 heavy (non-hydrogen) atoms. The van der Waals surface area contributed by atoms with Crippen LogP contribution in [-0.4, -0.2) is 25.6 Å². The molecule has 1 aromatic rings. The summed E-state index contributed by atoms with van der Waals surface area (Å²) in [5, 5.41) is 6.47. The van der Waals surface area contributed by atoms with Crippen molar-refractivity contribution in [2.75, 3.05) is 25.0 Å². The molecule has 1 aliphatic carbocycles. The average Bonchev–Trinajstić information content (AvgIpc) is 3.39. The van der Waals surface area contributed by atoms with Crippen molar-refractivity contribution in [3.05, 3.63) is 24.3 Å². The van der Waals surface area contributed by atoms with E-state index in [-0.39, 0.29) is 5.91 Å². The summed E-state index contributed by atoms with van der Waals surface area (Å²) in [6.45, 7) is 5.10. The Balaban J connectivity index is 1.52. The van der Waals surface area contributed by atoms with E-state index in [4.69, 9.17) is 4.74 Å². The molecule has 1 amide bonds. The fraction of sp³-hybridized carbons (Fsp3) is 0.632. The summed E-state index contributed by atoms with van der Waals surface area (Å²) in [4.78, 5) is 12.4. The number of nitrogens with one attached hydrogen (secondary N) is 2. The van der Waals surface area contributed by atoms with Crippen LogP contribution in [0.1, 0.15) is 39.0 Å². The van der Waals surface area contributed by atoms with E-state index in [1.54, 1.807) is 0 Å². The first-order chi connectivity index (χ1) is 11.2. The lowest BCUT2D eigenvalue weighted by Crippen LogP contribution is -2.34. The second-order valence-electron chi connectivity index (χ2n) is 7.09. The molecule has 0 spiro atoms. The van der Waals surface area contributed by atoms with Crippen molar-refractivity contribution >= 4 is 11.6 Å². The number of hydrogen-bond acceptors (Lipinski definition) is 3. The van der Waals surface area contributed by atoms with Gasteiger partial charge < -0.3 is 15.4 Å². The highest BCUT2D eigenvalue weighted by molar-refractivity contribution is 5.92. The van der Waals surface area contributed by atoms with Crippen molar-refractivity contribution in [2.24, 2.45) is 17.8 Å². The first kappa shape index (κ1) is 16.3. The first-order valence-corrected chi connectivity index (χ1v) is 8.95. The van der Waals surface area contributed by atoms with Crippen LogP contribution in [0.25, 0.3) is 0 Å². The monoisotopic (exact) mass is 316 g/mol. The van der Waals surface area contributed by atoms with E-state index in [0.29, 0.717) is 24.2 Å². The van der Waals surface area contributed by atoms with Gasteiger partial charge in [0.05, 0.1) is 12.3 Å². The van der Waals surface area contributed by atoms with Crippen LogP contribution in [0.15, 0.2) is 24.3 Å². The van der Waals surface area contributed by atoms with E-state index in [2.05, 4.69) is 17.6 Å². The van der Waals surface area contributed by atoms with Crippen molar-refractivity contribution in [2.45, 2.75) is 39.0 Å². The van der Waals surface area contributed by atoms with Gasteiger partial charge >= 0.3 is 0 Å². The molecule has 126 valence electrons. The molecule has 2 unspecified atom stereocenters. The summed E-state index contributed by atoms with van der Waals surface area (Å²) in [6.07, 6.45) is 5.54. The van der Waals surface area contributed by atoms with E-state index in [1.807, 2.05) is 24.3 Å². The number of amides is 1. The number of anilines is 1. The zero-order valence-electron chi connectivity index (χ0n) is 14.0. The molecule has 1 heterocycles. The summed E-state index contributed by atoms with van der Waals surface area (Å²) in [5.41, 5.74) is 0.798. The van der Waals surface area contributed by atoms with Gasteiger partial charge in [-0.05, 0) is 68.7 Å². The summed E-state index contributed by atoms with van der Waals surface area (Å²) < 4.78 is 5.86. The maximum absolute atomic E-state index is 12.4. The van der Waals surface area contributed by atoms with Crippen molar-refractivity contribution in [1.82, 2.24) is 5.32 Å². The molecule has 1 saturated carbocycles. The van der Waals surface area contributed by atoms with Crippen LogP contribution < -0.4 is 15.4 Å². The largest absolute Gasteiger partial charge is 0.491 e. The number of para-hydroxylation sites is 2. The topological polar surface area (TPSA) is 50.4 Å². The van der Waals surface area contributed by atoms with Crippen molar-refractivity contribution in [3.63, 3.8) is 0 Å². The Labute approximate surface area is 139 Å². The maximum Gasteiger partial charge on any atom is 0.224 e. The third-order valence-corrected chi connectivity index (χ3v) is 4.98. The fourth-order valence-electron chi connectivity index (χ4n) is 3.21. The van der Waals surface area contributed by atoms with Gasteiger partial charge in [-0.25, -0.2) is 0 Å². The number of benzene rings is 1. The molecule has 2 atom stereocenters. The van der Waals surface area contributed by atoms with Gasteiger partial charge in [0, 0.05) is 6.42 Å². The van der Waals surface area contributed by atoms with Gasteiger partial charge in [0.15, 0.2) is 0 Å². The second-order valence-corrected chi connectivity index (χ2v) is 7.09. The summed E-state index contributed by atoms with van der Waals surface area (Å²) in [6, 6.07) is 7.75. The third kappa shape index (κ3) is 4.96. The Morgan fingerprint density at radius 1 is 1.35 bits per heavy atom. The van der Waals surface area contributed by atoms with E-state index in [9.17, 15) is 4.79 Å². The van der Waals surface area contributed by atoms with E-state index in [0.717, 1.165) is 31.1 Å². The summed E-state index contributed by atoms with van der Waals surface area (Å²) in [7, 11) is 0. The molecule has 0 radical (unpaired) electrons. The molecule has 1 aromatic carbocycles. The zero-order chi connectivity index (χ0) is 16.1. The lowest BCUT2D eigenvalue weighted by Gasteiger charge is -2.28. The standard InChI is InChI=1S/C19H28N2O2/c1-14(16-5-4-10-20-12-16)11-19(22)21-17-6-2-3-7-18(17)23-13-15-8-9-15/h2-3,6-7,14-16,20H,4-5,8-13H2,1H3,(H,21,22). The van der Waals surface area contributed by atoms with Crippen LogP contribution in [0.3, 0.4) is 0 Å². The van der Waals surface area contributed by atoms with Gasteiger partial charge in [-0.15, -0.1) is 0 Å². The summed E-state index contributed by atoms with van der Waals surface area (Å²) in [5.74, 6) is 2.60. The minimum atomic E-state index is 0.0885. The smallest absolute Gasteiger partial charge is 0.224 e. The minimum Gasteiger partial charge on any atom is -0.491 e. The fourth-order valence-corrected chi connectivity index (χ4v) is 3.21. The Morgan fingerprint density at radius 3 is 2.91 bits per heavy atom. The maximum atomic E-state index is 12.4. The minimum absolute atomic E-state index is 0.0885. The first-order valence-electron chi connectivity index (χ1n) is 8.95. The third-order valence-electron chi connectivity index (χ3n) is 4.98. The Bertz CT molecular complexity index is 522.